The van der Waals surface area contributed by atoms with E-state index in [1.165, 1.54) is 0 Å². The van der Waals surface area contributed by atoms with Crippen molar-refractivity contribution in [2.24, 2.45) is 0 Å². The number of aliphatic hydroxyl groups is 2. The summed E-state index contributed by atoms with van der Waals surface area (Å²) in [5.41, 5.74) is 0. The lowest BCUT2D eigenvalue weighted by Gasteiger charge is -2.23. The van der Waals surface area contributed by atoms with E-state index in [0.29, 0.717) is 0 Å². The highest BCUT2D eigenvalue weighted by atomic mass is 31.2. The first-order valence-electron chi connectivity index (χ1n) is 7.26. The molecule has 0 aromatic heterocycles. The van der Waals surface area contributed by atoms with E-state index in [1.807, 2.05) is 0 Å². The molecule has 0 saturated carbocycles. The van der Waals surface area contributed by atoms with Gasteiger partial charge in [-0.2, -0.15) is 0 Å². The second-order valence-corrected chi connectivity index (χ2v) is 8.48. The van der Waals surface area contributed by atoms with Gasteiger partial charge in [0.1, 0.15) is 36.6 Å². The van der Waals surface area contributed by atoms with Gasteiger partial charge in [0, 0.05) is 0 Å². The molecule has 2 unspecified atom stereocenters. The van der Waals surface area contributed by atoms with E-state index in [4.69, 9.17) is 14.2 Å². The molecule has 0 radical (unpaired) electrons. The highest BCUT2D eigenvalue weighted by molar-refractivity contribution is 7.46. The third-order valence-corrected chi connectivity index (χ3v) is 6.06. The molecular formula is C10H14O13P2-2. The fourth-order valence-electron chi connectivity index (χ4n) is 2.98. The summed E-state index contributed by atoms with van der Waals surface area (Å²) in [7, 11) is -8.93. The van der Waals surface area contributed by atoms with Crippen LogP contribution < -0.4 is 9.79 Å². The molecule has 10 atom stereocenters. The Morgan fingerprint density at radius 2 is 1.20 bits per heavy atom. The second-order valence-electron chi connectivity index (χ2n) is 5.85. The van der Waals surface area contributed by atoms with Gasteiger partial charge >= 0.3 is 0 Å². The number of ether oxygens (including phenoxy) is 3. The van der Waals surface area contributed by atoms with Gasteiger partial charge in [0.2, 0.25) is 0 Å². The number of rotatable bonds is 4. The van der Waals surface area contributed by atoms with Crippen LogP contribution in [-0.4, -0.2) is 72.6 Å². The van der Waals surface area contributed by atoms with E-state index in [2.05, 4.69) is 18.1 Å². The zero-order chi connectivity index (χ0) is 18.0. The molecule has 0 aromatic rings. The Kier molecular flexibility index (Phi) is 4.62. The predicted octanol–water partition coefficient (Wildman–Crippen LogP) is -3.06. The number of phosphoric acid groups is 2. The number of hydrogen-bond acceptors (Lipinski definition) is 13. The van der Waals surface area contributed by atoms with Crippen LogP contribution in [0.25, 0.3) is 0 Å². The number of phosphoric ester groups is 2. The fourth-order valence-corrected chi connectivity index (χ4v) is 4.97. The van der Waals surface area contributed by atoms with Gasteiger partial charge < -0.3 is 43.3 Å². The van der Waals surface area contributed by atoms with Gasteiger partial charge in [0.15, 0.2) is 12.6 Å². The minimum absolute atomic E-state index is 0.173. The molecule has 13 nitrogen and oxygen atoms in total. The van der Waals surface area contributed by atoms with Crippen molar-refractivity contribution in [3.05, 3.63) is 0 Å². The van der Waals surface area contributed by atoms with Crippen LogP contribution in [-0.2, 0) is 41.4 Å². The average molecular weight is 404 g/mol. The SMILES string of the molecule is O=P1([O-])O[C@@H]2O[C@H](COC[C@H]3O[C@H]4OP(=O)([O-])O[C@@H]4[C@@H]3O)[C@@H](O)[C@H]2O1. The summed E-state index contributed by atoms with van der Waals surface area (Å²) in [6.45, 7) is -0.346. The first-order valence-corrected chi connectivity index (χ1v) is 10.2. The summed E-state index contributed by atoms with van der Waals surface area (Å²) in [4.78, 5) is 22.2. The number of fused-ring (bicyclic) bond motifs is 2. The third kappa shape index (κ3) is 3.46. The van der Waals surface area contributed by atoms with Gasteiger partial charge in [0.25, 0.3) is 15.6 Å². The summed E-state index contributed by atoms with van der Waals surface area (Å²) in [5, 5.41) is 19.9. The van der Waals surface area contributed by atoms with Crippen LogP contribution in [0.5, 0.6) is 0 Å². The topological polar surface area (TPSA) is 185 Å². The molecule has 4 heterocycles. The predicted molar refractivity (Wildman–Crippen MR) is 67.3 cm³/mol. The highest BCUT2D eigenvalue weighted by Gasteiger charge is 2.54. The smallest absolute Gasteiger partial charge is 0.270 e. The summed E-state index contributed by atoms with van der Waals surface area (Å²) in [6.07, 6.45) is -9.23. The molecule has 0 amide bonds. The van der Waals surface area contributed by atoms with Gasteiger partial charge in [-0.15, -0.1) is 0 Å². The van der Waals surface area contributed by atoms with E-state index in [9.17, 15) is 29.1 Å². The quantitative estimate of drug-likeness (QED) is 0.450. The van der Waals surface area contributed by atoms with Crippen molar-refractivity contribution in [2.75, 3.05) is 13.2 Å². The Labute approximate surface area is 140 Å². The van der Waals surface area contributed by atoms with Gasteiger partial charge in [-0.3, -0.25) is 18.2 Å². The zero-order valence-electron chi connectivity index (χ0n) is 12.3. The molecule has 0 aromatic carbocycles. The first-order chi connectivity index (χ1) is 11.7. The first kappa shape index (κ1) is 18.4. The van der Waals surface area contributed by atoms with Crippen LogP contribution in [0.2, 0.25) is 0 Å². The van der Waals surface area contributed by atoms with Crippen LogP contribution in [0, 0.1) is 0 Å². The van der Waals surface area contributed by atoms with Crippen molar-refractivity contribution >= 4 is 15.6 Å². The average Bonchev–Trinajstić information content (AvgIpc) is 3.13. The van der Waals surface area contributed by atoms with E-state index in [0.717, 1.165) is 0 Å². The molecule has 0 aliphatic carbocycles. The van der Waals surface area contributed by atoms with Crippen molar-refractivity contribution in [2.45, 2.75) is 49.2 Å². The zero-order valence-corrected chi connectivity index (χ0v) is 14.1. The number of hydrogen-bond donors (Lipinski definition) is 2. The van der Waals surface area contributed by atoms with E-state index in [-0.39, 0.29) is 13.2 Å². The standard InChI is InChI=1S/C10H16O13P2/c11-5-3(18-9-7(5)20-24(13,14)22-9)1-17-2-4-6(12)8-10(19-4)23-25(15,16)21-8/h3-12H,1-2H2,(H,13,14)(H,15,16)/p-2/t3-,4-,5-,6-,7-,8-,9+,10+/m1/s1. The molecule has 4 rings (SSSR count). The lowest BCUT2D eigenvalue weighted by molar-refractivity contribution is -0.226. The van der Waals surface area contributed by atoms with E-state index in [1.54, 1.807) is 0 Å². The molecule has 4 fully saturated rings. The molecule has 144 valence electrons. The maximum Gasteiger partial charge on any atom is 0.270 e. The van der Waals surface area contributed by atoms with E-state index >= 15 is 0 Å². The van der Waals surface area contributed by atoms with Crippen molar-refractivity contribution in [3.63, 3.8) is 0 Å². The summed E-state index contributed by atoms with van der Waals surface area (Å²) < 4.78 is 56.1. The Hall–Kier alpha value is 0.0200. The third-order valence-electron chi connectivity index (χ3n) is 4.12. The molecule has 25 heavy (non-hydrogen) atoms. The fraction of sp³-hybridized carbons (Fsp3) is 1.00. The molecule has 4 saturated heterocycles. The lowest BCUT2D eigenvalue weighted by atomic mass is 10.1. The molecular weight excluding hydrogens is 390 g/mol. The Bertz CT molecular complexity index is 576. The van der Waals surface area contributed by atoms with Crippen molar-refractivity contribution in [3.8, 4) is 0 Å². The normalized spacial score (nSPS) is 57.8. The maximum absolute atomic E-state index is 11.1. The molecule has 0 bridgehead atoms. The Morgan fingerprint density at radius 3 is 1.56 bits per heavy atom. The van der Waals surface area contributed by atoms with Gasteiger partial charge in [-0.1, -0.05) is 0 Å². The second kappa shape index (κ2) is 6.28. The van der Waals surface area contributed by atoms with Crippen LogP contribution >= 0.6 is 15.6 Å². The minimum Gasteiger partial charge on any atom is -0.756 e. The van der Waals surface area contributed by atoms with Gasteiger partial charge in [-0.05, 0) is 0 Å². The lowest BCUT2D eigenvalue weighted by Crippen LogP contribution is -2.37. The molecule has 4 aliphatic heterocycles. The summed E-state index contributed by atoms with van der Waals surface area (Å²) >= 11 is 0. The largest absolute Gasteiger partial charge is 0.756 e. The van der Waals surface area contributed by atoms with Gasteiger partial charge in [0.05, 0.1) is 13.2 Å². The van der Waals surface area contributed by atoms with Crippen LogP contribution in [0.4, 0.5) is 0 Å². The monoisotopic (exact) mass is 404 g/mol. The van der Waals surface area contributed by atoms with Gasteiger partial charge in [-0.25, -0.2) is 0 Å². The molecule has 4 aliphatic rings. The van der Waals surface area contributed by atoms with Crippen LogP contribution in [0.3, 0.4) is 0 Å². The summed E-state index contributed by atoms with van der Waals surface area (Å²) in [5.74, 6) is 0. The Balaban J connectivity index is 1.25. The van der Waals surface area contributed by atoms with Crippen molar-refractivity contribution < 1.29 is 61.4 Å². The van der Waals surface area contributed by atoms with Crippen LogP contribution in [0.1, 0.15) is 0 Å². The molecule has 15 heteroatoms. The maximum atomic E-state index is 11.1. The number of aliphatic hydroxyl groups excluding tert-OH is 2. The molecule has 2 N–H and O–H groups in total. The highest BCUT2D eigenvalue weighted by Crippen LogP contribution is 2.54. The minimum atomic E-state index is -4.46. The van der Waals surface area contributed by atoms with Crippen LogP contribution in [0.15, 0.2) is 0 Å². The Morgan fingerprint density at radius 1 is 0.800 bits per heavy atom. The summed E-state index contributed by atoms with van der Waals surface area (Å²) in [6, 6.07) is 0. The molecule has 0 spiro atoms. The van der Waals surface area contributed by atoms with E-state index < -0.39 is 64.8 Å². The van der Waals surface area contributed by atoms with Crippen molar-refractivity contribution in [1.82, 2.24) is 0 Å². The van der Waals surface area contributed by atoms with Crippen molar-refractivity contribution in [1.29, 1.82) is 0 Å².